The quantitative estimate of drug-likeness (QED) is 0.789. The van der Waals surface area contributed by atoms with Crippen LogP contribution in [0.4, 0.5) is 0 Å². The van der Waals surface area contributed by atoms with Gasteiger partial charge in [0.15, 0.2) is 0 Å². The lowest BCUT2D eigenvalue weighted by atomic mass is 10.1. The fourth-order valence-electron chi connectivity index (χ4n) is 3.03. The second-order valence-corrected chi connectivity index (χ2v) is 4.91. The fourth-order valence-corrected chi connectivity index (χ4v) is 3.03. The fraction of sp³-hybridized carbons (Fsp3) is 0.818. The highest BCUT2D eigenvalue weighted by atomic mass is 15.4. The van der Waals surface area contributed by atoms with E-state index < -0.39 is 0 Å². The average Bonchev–Trinajstić information content (AvgIpc) is 2.91. The monoisotopic (exact) mass is 221 g/mol. The molecule has 2 aliphatic rings. The van der Waals surface area contributed by atoms with Gasteiger partial charge in [-0.15, -0.1) is 5.10 Å². The van der Waals surface area contributed by atoms with E-state index in [2.05, 4.69) is 20.5 Å². The van der Waals surface area contributed by atoms with Crippen molar-refractivity contribution >= 4 is 0 Å². The number of rotatable bonds is 3. The van der Waals surface area contributed by atoms with Crippen LogP contribution in [0.25, 0.3) is 0 Å². The molecule has 1 aromatic heterocycles. The van der Waals surface area contributed by atoms with Crippen molar-refractivity contribution in [2.45, 2.75) is 37.9 Å². The van der Waals surface area contributed by atoms with E-state index in [9.17, 15) is 0 Å². The highest BCUT2D eigenvalue weighted by Crippen LogP contribution is 2.27. The second-order valence-electron chi connectivity index (χ2n) is 4.91. The Morgan fingerprint density at radius 2 is 2.38 bits per heavy atom. The number of fused-ring (bicyclic) bond motifs is 1. The van der Waals surface area contributed by atoms with Crippen molar-refractivity contribution < 1.29 is 0 Å². The van der Waals surface area contributed by atoms with E-state index in [0.29, 0.717) is 6.04 Å². The molecule has 1 N–H and O–H groups in total. The van der Waals surface area contributed by atoms with Gasteiger partial charge in [0.25, 0.3) is 0 Å². The van der Waals surface area contributed by atoms with Gasteiger partial charge < -0.3 is 5.32 Å². The summed E-state index contributed by atoms with van der Waals surface area (Å²) in [6.45, 7) is 3.42. The minimum Gasteiger partial charge on any atom is -0.307 e. The molecule has 16 heavy (non-hydrogen) atoms. The zero-order valence-electron chi connectivity index (χ0n) is 9.76. The second kappa shape index (κ2) is 4.14. The first-order valence-electron chi connectivity index (χ1n) is 6.15. The molecule has 0 aromatic carbocycles. The summed E-state index contributed by atoms with van der Waals surface area (Å²) in [7, 11) is 1.91. The predicted molar refractivity (Wildman–Crippen MR) is 60.8 cm³/mol. The predicted octanol–water partition coefficient (Wildman–Crippen LogP) is 0.141. The molecule has 2 saturated heterocycles. The molecule has 3 rings (SSSR count). The number of hydrogen-bond donors (Lipinski definition) is 1. The van der Waals surface area contributed by atoms with E-state index in [-0.39, 0.29) is 0 Å². The Hall–Kier alpha value is -0.940. The van der Waals surface area contributed by atoms with Crippen LogP contribution in [0.2, 0.25) is 0 Å². The van der Waals surface area contributed by atoms with Crippen molar-refractivity contribution in [3.8, 4) is 0 Å². The molecule has 2 aliphatic heterocycles. The van der Waals surface area contributed by atoms with Gasteiger partial charge in [0.1, 0.15) is 0 Å². The molecule has 2 unspecified atom stereocenters. The van der Waals surface area contributed by atoms with Crippen LogP contribution in [0.15, 0.2) is 6.20 Å². The van der Waals surface area contributed by atoms with Gasteiger partial charge >= 0.3 is 0 Å². The van der Waals surface area contributed by atoms with Gasteiger partial charge in [-0.2, -0.15) is 0 Å². The minimum atomic E-state index is 0.657. The first-order chi connectivity index (χ1) is 7.83. The van der Waals surface area contributed by atoms with Crippen LogP contribution in [0.1, 0.15) is 25.0 Å². The van der Waals surface area contributed by atoms with Crippen molar-refractivity contribution in [1.82, 2.24) is 25.2 Å². The van der Waals surface area contributed by atoms with Gasteiger partial charge in [0, 0.05) is 38.4 Å². The van der Waals surface area contributed by atoms with Crippen molar-refractivity contribution in [3.63, 3.8) is 0 Å². The van der Waals surface area contributed by atoms with Crippen LogP contribution in [0, 0.1) is 0 Å². The number of aryl methyl sites for hydroxylation is 1. The van der Waals surface area contributed by atoms with Gasteiger partial charge in [-0.25, -0.2) is 0 Å². The first-order valence-corrected chi connectivity index (χ1v) is 6.15. The van der Waals surface area contributed by atoms with E-state index in [1.54, 1.807) is 4.68 Å². The summed E-state index contributed by atoms with van der Waals surface area (Å²) >= 11 is 0. The number of hydrogen-bond acceptors (Lipinski definition) is 4. The summed E-state index contributed by atoms with van der Waals surface area (Å²) in [6.07, 6.45) is 5.99. The van der Waals surface area contributed by atoms with E-state index >= 15 is 0 Å². The SMILES string of the molecule is Cn1cc(CNC2CCN3CCCC23)nn1. The molecule has 0 bridgehead atoms. The van der Waals surface area contributed by atoms with Crippen LogP contribution in [-0.2, 0) is 13.6 Å². The first kappa shape index (κ1) is 10.2. The van der Waals surface area contributed by atoms with Crippen LogP contribution >= 0.6 is 0 Å². The Morgan fingerprint density at radius 3 is 3.19 bits per heavy atom. The minimum absolute atomic E-state index is 0.657. The molecule has 1 aromatic rings. The maximum atomic E-state index is 4.10. The van der Waals surface area contributed by atoms with Gasteiger partial charge in [-0.3, -0.25) is 9.58 Å². The van der Waals surface area contributed by atoms with E-state index in [1.807, 2.05) is 13.2 Å². The Balaban J connectivity index is 1.55. The third-order valence-corrected chi connectivity index (χ3v) is 3.80. The topological polar surface area (TPSA) is 46.0 Å². The standard InChI is InChI=1S/C11H19N5/c1-15-8-9(13-14-15)7-12-10-4-6-16-5-2-3-11(10)16/h8,10-12H,2-7H2,1H3. The molecule has 2 fully saturated rings. The summed E-state index contributed by atoms with van der Waals surface area (Å²) in [6, 6.07) is 1.43. The zero-order valence-corrected chi connectivity index (χ0v) is 9.76. The summed E-state index contributed by atoms with van der Waals surface area (Å²) in [5.74, 6) is 0. The average molecular weight is 221 g/mol. The maximum absolute atomic E-state index is 4.10. The molecule has 0 saturated carbocycles. The molecule has 5 heteroatoms. The number of nitrogens with one attached hydrogen (secondary N) is 1. The van der Waals surface area contributed by atoms with E-state index in [1.165, 1.54) is 32.4 Å². The third-order valence-electron chi connectivity index (χ3n) is 3.80. The third kappa shape index (κ3) is 1.85. The molecule has 2 atom stereocenters. The Labute approximate surface area is 95.8 Å². The molecular formula is C11H19N5. The highest BCUT2D eigenvalue weighted by molar-refractivity contribution is 4.98. The van der Waals surface area contributed by atoms with E-state index in [4.69, 9.17) is 0 Å². The summed E-state index contributed by atoms with van der Waals surface area (Å²) in [4.78, 5) is 2.62. The summed E-state index contributed by atoms with van der Waals surface area (Å²) < 4.78 is 1.76. The lowest BCUT2D eigenvalue weighted by Gasteiger charge is -2.20. The van der Waals surface area contributed by atoms with Crippen LogP contribution in [0.3, 0.4) is 0 Å². The lowest BCUT2D eigenvalue weighted by molar-refractivity contribution is 0.298. The van der Waals surface area contributed by atoms with Crippen molar-refractivity contribution in [3.05, 3.63) is 11.9 Å². The van der Waals surface area contributed by atoms with Gasteiger partial charge in [-0.1, -0.05) is 5.21 Å². The highest BCUT2D eigenvalue weighted by Gasteiger charge is 2.36. The molecular weight excluding hydrogens is 202 g/mol. The summed E-state index contributed by atoms with van der Waals surface area (Å²) in [5, 5.41) is 11.7. The number of aromatic nitrogens is 3. The number of nitrogens with zero attached hydrogens (tertiary/aromatic N) is 4. The van der Waals surface area contributed by atoms with Crippen molar-refractivity contribution in [1.29, 1.82) is 0 Å². The molecule has 5 nitrogen and oxygen atoms in total. The Kier molecular flexibility index (Phi) is 2.65. The molecule has 0 spiro atoms. The molecule has 88 valence electrons. The van der Waals surface area contributed by atoms with Gasteiger partial charge in [0.2, 0.25) is 0 Å². The van der Waals surface area contributed by atoms with Crippen molar-refractivity contribution in [2.24, 2.45) is 7.05 Å². The summed E-state index contributed by atoms with van der Waals surface area (Å²) in [5.41, 5.74) is 1.04. The molecule has 0 aliphatic carbocycles. The Morgan fingerprint density at radius 1 is 1.44 bits per heavy atom. The van der Waals surface area contributed by atoms with Crippen LogP contribution < -0.4 is 5.32 Å². The maximum Gasteiger partial charge on any atom is 0.0964 e. The van der Waals surface area contributed by atoms with Crippen LogP contribution in [0.5, 0.6) is 0 Å². The molecule has 0 amide bonds. The smallest absolute Gasteiger partial charge is 0.0964 e. The van der Waals surface area contributed by atoms with Crippen molar-refractivity contribution in [2.75, 3.05) is 13.1 Å². The largest absolute Gasteiger partial charge is 0.307 e. The van der Waals surface area contributed by atoms with E-state index in [0.717, 1.165) is 18.3 Å². The van der Waals surface area contributed by atoms with Gasteiger partial charge in [-0.05, 0) is 25.8 Å². The Bertz CT molecular complexity index is 361. The molecule has 3 heterocycles. The normalized spacial score (nSPS) is 29.8. The molecule has 0 radical (unpaired) electrons. The lowest BCUT2D eigenvalue weighted by Crippen LogP contribution is -2.38. The van der Waals surface area contributed by atoms with Crippen LogP contribution in [-0.4, -0.2) is 45.1 Å². The van der Waals surface area contributed by atoms with Gasteiger partial charge in [0.05, 0.1) is 5.69 Å². The zero-order chi connectivity index (χ0) is 11.0.